The second-order valence-corrected chi connectivity index (χ2v) is 2.02. The van der Waals surface area contributed by atoms with E-state index in [0.717, 1.165) is 19.6 Å². The second kappa shape index (κ2) is 3.22. The highest BCUT2D eigenvalue weighted by atomic mass is 15.2. The van der Waals surface area contributed by atoms with Gasteiger partial charge >= 0.3 is 0 Å². The summed E-state index contributed by atoms with van der Waals surface area (Å²) < 4.78 is 0. The molecule has 0 unspecified atom stereocenters. The zero-order valence-corrected chi connectivity index (χ0v) is 5.62. The third kappa shape index (κ3) is 1.83. The van der Waals surface area contributed by atoms with Crippen molar-refractivity contribution in [3.8, 4) is 0 Å². The van der Waals surface area contributed by atoms with E-state index < -0.39 is 0 Å². The monoisotopic (exact) mass is 125 g/mol. The molecule has 0 saturated heterocycles. The summed E-state index contributed by atoms with van der Waals surface area (Å²) in [5.74, 6) is 0. The van der Waals surface area contributed by atoms with E-state index in [1.165, 1.54) is 0 Å². The van der Waals surface area contributed by atoms with Crippen molar-refractivity contribution in [1.29, 1.82) is 0 Å². The molecule has 0 aliphatic carbocycles. The summed E-state index contributed by atoms with van der Waals surface area (Å²) in [4.78, 5) is 9.95. The van der Waals surface area contributed by atoms with Crippen LogP contribution in [0.4, 0.5) is 0 Å². The molecule has 1 aliphatic rings. The van der Waals surface area contributed by atoms with E-state index in [0.29, 0.717) is 0 Å². The maximum absolute atomic E-state index is 3.98. The largest absolute Gasteiger partial charge is 0.343 e. The molecule has 0 amide bonds. The fourth-order valence-electron chi connectivity index (χ4n) is 0.765. The van der Waals surface area contributed by atoms with Gasteiger partial charge in [-0.05, 0) is 6.42 Å². The van der Waals surface area contributed by atoms with Crippen molar-refractivity contribution in [2.45, 2.75) is 13.3 Å². The Hall–Kier alpha value is -0.860. The lowest BCUT2D eigenvalue weighted by atomic mass is 10.4. The first-order valence-corrected chi connectivity index (χ1v) is 3.19. The van der Waals surface area contributed by atoms with Gasteiger partial charge in [0, 0.05) is 6.54 Å². The standard InChI is InChI=1S/C6H11N3/c1-2-3-9-5-7-4-8-6-9/h4-5H,2-3,6H2,1H3. The van der Waals surface area contributed by atoms with E-state index in [-0.39, 0.29) is 0 Å². The molecule has 0 aromatic carbocycles. The van der Waals surface area contributed by atoms with Crippen molar-refractivity contribution in [1.82, 2.24) is 4.90 Å². The Morgan fingerprint density at radius 1 is 1.67 bits per heavy atom. The lowest BCUT2D eigenvalue weighted by molar-refractivity contribution is 0.440. The second-order valence-electron chi connectivity index (χ2n) is 2.02. The van der Waals surface area contributed by atoms with Crippen LogP contribution in [0.1, 0.15) is 13.3 Å². The summed E-state index contributed by atoms with van der Waals surface area (Å²) in [7, 11) is 0. The molecule has 0 bridgehead atoms. The van der Waals surface area contributed by atoms with E-state index >= 15 is 0 Å². The molecule has 1 aliphatic heterocycles. The fourth-order valence-corrected chi connectivity index (χ4v) is 0.765. The Kier molecular flexibility index (Phi) is 2.24. The van der Waals surface area contributed by atoms with Gasteiger partial charge in [-0.3, -0.25) is 4.99 Å². The van der Waals surface area contributed by atoms with Crippen LogP contribution in [0.25, 0.3) is 0 Å². The highest BCUT2D eigenvalue weighted by Gasteiger charge is 1.96. The molecule has 0 aromatic heterocycles. The molecule has 0 radical (unpaired) electrons. The van der Waals surface area contributed by atoms with Crippen LogP contribution in [0.2, 0.25) is 0 Å². The minimum Gasteiger partial charge on any atom is -0.343 e. The molecule has 3 nitrogen and oxygen atoms in total. The molecule has 0 aromatic rings. The number of nitrogens with zero attached hydrogens (tertiary/aromatic N) is 3. The van der Waals surface area contributed by atoms with Crippen molar-refractivity contribution in [2.24, 2.45) is 9.98 Å². The Labute approximate surface area is 55.1 Å². The molecule has 3 heteroatoms. The van der Waals surface area contributed by atoms with Crippen molar-refractivity contribution >= 4 is 12.7 Å². The van der Waals surface area contributed by atoms with Crippen LogP contribution in [0.5, 0.6) is 0 Å². The van der Waals surface area contributed by atoms with Gasteiger partial charge in [-0.2, -0.15) is 0 Å². The number of aliphatic imine (C=N–C) groups is 2. The Morgan fingerprint density at radius 3 is 3.11 bits per heavy atom. The summed E-state index contributed by atoms with van der Waals surface area (Å²) in [6.07, 6.45) is 4.57. The SMILES string of the molecule is CCCN1C=NC=NC1. The average molecular weight is 125 g/mol. The molecule has 0 fully saturated rings. The van der Waals surface area contributed by atoms with Gasteiger partial charge in [0.25, 0.3) is 0 Å². The molecule has 50 valence electrons. The highest BCUT2D eigenvalue weighted by molar-refractivity contribution is 5.72. The molecule has 0 atom stereocenters. The van der Waals surface area contributed by atoms with Crippen LogP contribution < -0.4 is 0 Å². The minimum atomic E-state index is 0.775. The Balaban J connectivity index is 2.28. The average Bonchev–Trinajstić information content (AvgIpc) is 1.91. The third-order valence-electron chi connectivity index (χ3n) is 1.15. The zero-order chi connectivity index (χ0) is 6.53. The van der Waals surface area contributed by atoms with E-state index in [1.807, 2.05) is 6.34 Å². The molecular formula is C6H11N3. The summed E-state index contributed by atoms with van der Waals surface area (Å²) >= 11 is 0. The maximum Gasteiger partial charge on any atom is 0.113 e. The number of rotatable bonds is 2. The summed E-state index contributed by atoms with van der Waals surface area (Å²) in [6.45, 7) is 3.98. The van der Waals surface area contributed by atoms with Crippen LogP contribution in [-0.2, 0) is 0 Å². The first-order chi connectivity index (χ1) is 4.43. The van der Waals surface area contributed by atoms with Gasteiger partial charge in [-0.25, -0.2) is 4.99 Å². The van der Waals surface area contributed by atoms with E-state index in [1.54, 1.807) is 6.34 Å². The predicted molar refractivity (Wildman–Crippen MR) is 38.8 cm³/mol. The first-order valence-electron chi connectivity index (χ1n) is 3.19. The normalized spacial score (nSPS) is 16.8. The lowest BCUT2D eigenvalue weighted by Gasteiger charge is -2.16. The molecular weight excluding hydrogens is 114 g/mol. The number of hydrogen-bond donors (Lipinski definition) is 0. The van der Waals surface area contributed by atoms with E-state index in [9.17, 15) is 0 Å². The van der Waals surface area contributed by atoms with Gasteiger partial charge < -0.3 is 4.90 Å². The summed E-state index contributed by atoms with van der Waals surface area (Å²) in [5.41, 5.74) is 0. The quantitative estimate of drug-likeness (QED) is 0.534. The lowest BCUT2D eigenvalue weighted by Crippen LogP contribution is -2.24. The van der Waals surface area contributed by atoms with Gasteiger partial charge in [-0.15, -0.1) is 0 Å². The molecule has 9 heavy (non-hydrogen) atoms. The van der Waals surface area contributed by atoms with Crippen LogP contribution in [-0.4, -0.2) is 30.8 Å². The summed E-state index contributed by atoms with van der Waals surface area (Å²) in [5, 5.41) is 0. The van der Waals surface area contributed by atoms with Gasteiger partial charge in [-0.1, -0.05) is 6.92 Å². The third-order valence-corrected chi connectivity index (χ3v) is 1.15. The topological polar surface area (TPSA) is 28.0 Å². The van der Waals surface area contributed by atoms with Gasteiger partial charge in [0.15, 0.2) is 0 Å². The van der Waals surface area contributed by atoms with Crippen LogP contribution in [0.3, 0.4) is 0 Å². The molecule has 1 heterocycles. The highest BCUT2D eigenvalue weighted by Crippen LogP contribution is 1.90. The molecule has 0 N–H and O–H groups in total. The molecule has 1 rings (SSSR count). The van der Waals surface area contributed by atoms with Gasteiger partial charge in [0.2, 0.25) is 0 Å². The minimum absolute atomic E-state index is 0.775. The fraction of sp³-hybridized carbons (Fsp3) is 0.667. The van der Waals surface area contributed by atoms with Crippen LogP contribution in [0, 0.1) is 0 Å². The van der Waals surface area contributed by atoms with Gasteiger partial charge in [0.1, 0.15) is 13.0 Å². The maximum atomic E-state index is 3.98. The Morgan fingerprint density at radius 2 is 2.56 bits per heavy atom. The van der Waals surface area contributed by atoms with E-state index in [4.69, 9.17) is 0 Å². The van der Waals surface area contributed by atoms with Crippen molar-refractivity contribution in [3.05, 3.63) is 0 Å². The van der Waals surface area contributed by atoms with E-state index in [2.05, 4.69) is 21.8 Å². The smallest absolute Gasteiger partial charge is 0.113 e. The zero-order valence-electron chi connectivity index (χ0n) is 5.62. The first kappa shape index (κ1) is 6.26. The Bertz CT molecular complexity index is 128. The van der Waals surface area contributed by atoms with Crippen molar-refractivity contribution < 1.29 is 0 Å². The molecule has 0 spiro atoms. The predicted octanol–water partition coefficient (Wildman–Crippen LogP) is 0.726. The van der Waals surface area contributed by atoms with Crippen LogP contribution in [0.15, 0.2) is 9.98 Å². The molecule has 0 saturated carbocycles. The van der Waals surface area contributed by atoms with Crippen molar-refractivity contribution in [3.63, 3.8) is 0 Å². The van der Waals surface area contributed by atoms with Gasteiger partial charge in [0.05, 0.1) is 6.34 Å². The van der Waals surface area contributed by atoms with Crippen molar-refractivity contribution in [2.75, 3.05) is 13.2 Å². The number of hydrogen-bond acceptors (Lipinski definition) is 3. The van der Waals surface area contributed by atoms with Crippen LogP contribution >= 0.6 is 0 Å². The summed E-state index contributed by atoms with van der Waals surface area (Å²) in [6, 6.07) is 0.